The van der Waals surface area contributed by atoms with Gasteiger partial charge in [-0.25, -0.2) is 9.97 Å². The molecular formula is C21H20Cl2N4O3. The van der Waals surface area contributed by atoms with Crippen LogP contribution in [0.1, 0.15) is 16.7 Å². The van der Waals surface area contributed by atoms with Crippen LogP contribution in [0.15, 0.2) is 30.6 Å². The molecule has 156 valence electrons. The van der Waals surface area contributed by atoms with Crippen LogP contribution < -0.4 is 15.4 Å². The van der Waals surface area contributed by atoms with E-state index in [9.17, 15) is 9.59 Å². The van der Waals surface area contributed by atoms with Crippen LogP contribution in [0.4, 0.5) is 5.69 Å². The third-order valence-corrected chi connectivity index (χ3v) is 4.85. The first-order valence-electron chi connectivity index (χ1n) is 9.11. The predicted octanol–water partition coefficient (Wildman–Crippen LogP) is 4.00. The molecular weight excluding hydrogens is 427 g/mol. The van der Waals surface area contributed by atoms with E-state index in [1.54, 1.807) is 12.1 Å². The maximum atomic E-state index is 12.2. The maximum absolute atomic E-state index is 12.2. The van der Waals surface area contributed by atoms with Crippen molar-refractivity contribution in [1.82, 2.24) is 15.3 Å². The van der Waals surface area contributed by atoms with Crippen LogP contribution in [0.3, 0.4) is 0 Å². The Kier molecular flexibility index (Phi) is 6.74. The molecule has 2 N–H and O–H groups in total. The number of fused-ring (bicyclic) bond motifs is 1. The average molecular weight is 447 g/mol. The molecule has 2 amide bonds. The summed E-state index contributed by atoms with van der Waals surface area (Å²) >= 11 is 12.1. The maximum Gasteiger partial charge on any atom is 0.258 e. The van der Waals surface area contributed by atoms with E-state index in [2.05, 4.69) is 20.6 Å². The van der Waals surface area contributed by atoms with Crippen molar-refractivity contribution >= 4 is 51.6 Å². The second-order valence-electron chi connectivity index (χ2n) is 6.85. The molecule has 0 atom stereocenters. The van der Waals surface area contributed by atoms with E-state index in [4.69, 9.17) is 27.9 Å². The number of nitrogens with one attached hydrogen (secondary N) is 2. The Morgan fingerprint density at radius 1 is 1.00 bits per heavy atom. The fourth-order valence-corrected chi connectivity index (χ4v) is 3.65. The highest BCUT2D eigenvalue weighted by molar-refractivity contribution is 6.38. The third kappa shape index (κ3) is 5.17. The van der Waals surface area contributed by atoms with Crippen molar-refractivity contribution in [2.45, 2.75) is 20.8 Å². The molecule has 0 bridgehead atoms. The number of carbonyl (C=O) groups excluding carboxylic acids is 2. The molecule has 0 saturated carbocycles. The summed E-state index contributed by atoms with van der Waals surface area (Å²) in [6.45, 7) is 5.33. The molecule has 0 saturated heterocycles. The van der Waals surface area contributed by atoms with Crippen LogP contribution in [-0.4, -0.2) is 34.9 Å². The summed E-state index contributed by atoms with van der Waals surface area (Å²) in [4.78, 5) is 32.4. The molecule has 0 unspecified atom stereocenters. The minimum atomic E-state index is -0.470. The number of ether oxygens (including phenoxy) is 1. The lowest BCUT2D eigenvalue weighted by atomic mass is 10.1. The number of halogens is 2. The van der Waals surface area contributed by atoms with Crippen LogP contribution in [0.2, 0.25) is 10.0 Å². The quantitative estimate of drug-likeness (QED) is 0.596. The highest BCUT2D eigenvalue weighted by atomic mass is 35.5. The number of aromatic nitrogens is 2. The lowest BCUT2D eigenvalue weighted by molar-refractivity contribution is -0.125. The van der Waals surface area contributed by atoms with Gasteiger partial charge < -0.3 is 15.4 Å². The van der Waals surface area contributed by atoms with Crippen molar-refractivity contribution in [2.24, 2.45) is 0 Å². The number of amides is 2. The lowest BCUT2D eigenvalue weighted by Crippen LogP contribution is -2.36. The summed E-state index contributed by atoms with van der Waals surface area (Å²) in [5, 5.41) is 6.59. The normalized spacial score (nSPS) is 10.7. The summed E-state index contributed by atoms with van der Waals surface area (Å²) in [5.74, 6) is -0.623. The van der Waals surface area contributed by atoms with Gasteiger partial charge in [-0.15, -0.1) is 0 Å². The monoisotopic (exact) mass is 446 g/mol. The van der Waals surface area contributed by atoms with Gasteiger partial charge in [0.15, 0.2) is 6.61 Å². The minimum absolute atomic E-state index is 0.176. The average Bonchev–Trinajstić information content (AvgIpc) is 2.67. The number of nitrogens with zero attached hydrogens (tertiary/aromatic N) is 2. The Morgan fingerprint density at radius 2 is 1.70 bits per heavy atom. The van der Waals surface area contributed by atoms with Crippen molar-refractivity contribution < 1.29 is 14.3 Å². The molecule has 0 radical (unpaired) electrons. The van der Waals surface area contributed by atoms with E-state index in [0.717, 1.165) is 22.4 Å². The number of carbonyl (C=O) groups is 2. The number of anilines is 1. The Labute approximate surface area is 183 Å². The second kappa shape index (κ2) is 9.28. The van der Waals surface area contributed by atoms with Gasteiger partial charge in [0.25, 0.3) is 5.91 Å². The van der Waals surface area contributed by atoms with E-state index in [-0.39, 0.29) is 24.9 Å². The van der Waals surface area contributed by atoms with Crippen molar-refractivity contribution in [3.8, 4) is 5.88 Å². The van der Waals surface area contributed by atoms with Gasteiger partial charge in [0.05, 0.1) is 22.5 Å². The van der Waals surface area contributed by atoms with Gasteiger partial charge in [-0.1, -0.05) is 40.9 Å². The van der Waals surface area contributed by atoms with Crippen molar-refractivity contribution in [3.05, 3.63) is 57.3 Å². The Morgan fingerprint density at radius 3 is 2.40 bits per heavy atom. The van der Waals surface area contributed by atoms with Gasteiger partial charge in [-0.05, 0) is 44.0 Å². The molecule has 0 fully saturated rings. The van der Waals surface area contributed by atoms with E-state index in [1.807, 2.05) is 32.9 Å². The fourth-order valence-electron chi connectivity index (χ4n) is 3.11. The first-order chi connectivity index (χ1) is 14.2. The van der Waals surface area contributed by atoms with E-state index in [0.29, 0.717) is 20.9 Å². The van der Waals surface area contributed by atoms with Gasteiger partial charge in [0.1, 0.15) is 6.33 Å². The van der Waals surface area contributed by atoms with Crippen LogP contribution in [-0.2, 0) is 9.59 Å². The third-order valence-electron chi connectivity index (χ3n) is 4.35. The number of hydrogen-bond donors (Lipinski definition) is 2. The molecule has 7 nitrogen and oxygen atoms in total. The van der Waals surface area contributed by atoms with E-state index in [1.165, 1.54) is 6.33 Å². The molecule has 3 aromatic rings. The van der Waals surface area contributed by atoms with Gasteiger partial charge in [0.2, 0.25) is 11.8 Å². The summed E-state index contributed by atoms with van der Waals surface area (Å²) < 4.78 is 5.48. The first kappa shape index (κ1) is 21.8. The minimum Gasteiger partial charge on any atom is -0.467 e. The van der Waals surface area contributed by atoms with Crippen molar-refractivity contribution in [2.75, 3.05) is 18.5 Å². The van der Waals surface area contributed by atoms with Crippen LogP contribution in [0.5, 0.6) is 5.88 Å². The van der Waals surface area contributed by atoms with E-state index >= 15 is 0 Å². The zero-order valence-corrected chi connectivity index (χ0v) is 18.2. The van der Waals surface area contributed by atoms with Crippen LogP contribution in [0, 0.1) is 20.8 Å². The van der Waals surface area contributed by atoms with Crippen LogP contribution in [0.25, 0.3) is 10.9 Å². The van der Waals surface area contributed by atoms with E-state index < -0.39 is 5.91 Å². The molecule has 3 rings (SSSR count). The molecule has 0 aliphatic carbocycles. The van der Waals surface area contributed by atoms with Gasteiger partial charge >= 0.3 is 0 Å². The van der Waals surface area contributed by atoms with Crippen molar-refractivity contribution in [3.63, 3.8) is 0 Å². The summed E-state index contributed by atoms with van der Waals surface area (Å²) in [5.41, 5.74) is 4.26. The number of benzene rings is 2. The number of rotatable bonds is 6. The molecule has 1 heterocycles. The van der Waals surface area contributed by atoms with Gasteiger partial charge in [0, 0.05) is 10.7 Å². The zero-order valence-electron chi connectivity index (χ0n) is 16.7. The topological polar surface area (TPSA) is 93.2 Å². The Bertz CT molecular complexity index is 1110. The molecule has 9 heteroatoms. The van der Waals surface area contributed by atoms with Crippen molar-refractivity contribution in [1.29, 1.82) is 0 Å². The standard InChI is InChI=1S/C21H20Cl2N4O3/c1-11-4-12(2)19(13(3)5-11)27-17(28)8-24-18(29)9-30-21-15-6-14(22)7-16(23)20(15)25-10-26-21/h4-7,10H,8-9H2,1-3H3,(H,24,29)(H,27,28). The fraction of sp³-hybridized carbons (Fsp3) is 0.238. The summed E-state index contributed by atoms with van der Waals surface area (Å²) in [6, 6.07) is 7.14. The smallest absolute Gasteiger partial charge is 0.258 e. The largest absolute Gasteiger partial charge is 0.467 e. The highest BCUT2D eigenvalue weighted by Crippen LogP contribution is 2.30. The zero-order chi connectivity index (χ0) is 21.8. The predicted molar refractivity (Wildman–Crippen MR) is 117 cm³/mol. The summed E-state index contributed by atoms with van der Waals surface area (Å²) in [6.07, 6.45) is 1.29. The Balaban J connectivity index is 1.57. The molecule has 1 aromatic heterocycles. The molecule has 0 spiro atoms. The summed E-state index contributed by atoms with van der Waals surface area (Å²) in [7, 11) is 0. The Hall–Kier alpha value is -2.90. The first-order valence-corrected chi connectivity index (χ1v) is 9.87. The molecule has 0 aliphatic rings. The SMILES string of the molecule is Cc1cc(C)c(NC(=O)CNC(=O)COc2ncnc3c(Cl)cc(Cl)cc23)c(C)c1. The lowest BCUT2D eigenvalue weighted by Gasteiger charge is -2.13. The molecule has 0 aliphatic heterocycles. The highest BCUT2D eigenvalue weighted by Gasteiger charge is 2.13. The van der Waals surface area contributed by atoms with Gasteiger partial charge in [-0.2, -0.15) is 0 Å². The number of hydrogen-bond acceptors (Lipinski definition) is 5. The second-order valence-corrected chi connectivity index (χ2v) is 7.69. The number of aryl methyl sites for hydroxylation is 3. The van der Waals surface area contributed by atoms with Crippen LogP contribution >= 0.6 is 23.2 Å². The van der Waals surface area contributed by atoms with Gasteiger partial charge in [-0.3, -0.25) is 9.59 Å². The molecule has 30 heavy (non-hydrogen) atoms. The molecule has 2 aromatic carbocycles.